The summed E-state index contributed by atoms with van der Waals surface area (Å²) in [6.45, 7) is 3.08. The van der Waals surface area contributed by atoms with Crippen molar-refractivity contribution in [3.05, 3.63) is 287 Å². The van der Waals surface area contributed by atoms with Crippen LogP contribution in [-0.2, 0) is 25.0 Å². The van der Waals surface area contributed by atoms with Crippen LogP contribution in [0, 0.1) is 0 Å². The minimum Gasteiger partial charge on any atom is -0.491 e. The van der Waals surface area contributed by atoms with Crippen molar-refractivity contribution in [1.29, 1.82) is 0 Å². The van der Waals surface area contributed by atoms with Gasteiger partial charge in [-0.05, 0) is 183 Å². The van der Waals surface area contributed by atoms with Crippen molar-refractivity contribution in [2.75, 3.05) is 33.0 Å². The van der Waals surface area contributed by atoms with Crippen molar-refractivity contribution in [3.8, 4) is 45.3 Å². The zero-order valence-electron chi connectivity index (χ0n) is 44.8. The van der Waals surface area contributed by atoms with Crippen LogP contribution in [0.4, 0.5) is 0 Å². The number of ether oxygens (including phenoxy) is 7. The van der Waals surface area contributed by atoms with E-state index in [0.717, 1.165) is 68.5 Å². The molecule has 5 aliphatic rings. The molecule has 0 bridgehead atoms. The van der Waals surface area contributed by atoms with Gasteiger partial charge in [0.25, 0.3) is 0 Å². The van der Waals surface area contributed by atoms with E-state index < -0.39 is 17.1 Å². The molecular weight excluding hydrogens is 1010 g/mol. The van der Waals surface area contributed by atoms with Crippen molar-refractivity contribution in [3.63, 3.8) is 0 Å². The Morgan fingerprint density at radius 1 is 0.317 bits per heavy atom. The molecule has 3 fully saturated rings. The molecule has 7 nitrogen and oxygen atoms in total. The van der Waals surface area contributed by atoms with Gasteiger partial charge < -0.3 is 33.2 Å². The molecule has 396 valence electrons. The van der Waals surface area contributed by atoms with Gasteiger partial charge in [-0.3, -0.25) is 0 Å². The predicted octanol–water partition coefficient (Wildman–Crippen LogP) is 15.8. The first-order valence-corrected chi connectivity index (χ1v) is 28.5. The first-order valence-electron chi connectivity index (χ1n) is 28.5. The lowest BCUT2D eigenvalue weighted by Gasteiger charge is -2.34. The number of epoxide rings is 3. The van der Waals surface area contributed by atoms with Crippen molar-refractivity contribution < 1.29 is 33.2 Å². The Morgan fingerprint density at radius 2 is 0.610 bits per heavy atom. The lowest BCUT2D eigenvalue weighted by molar-refractivity contribution is 0.177. The average Bonchev–Trinajstić information content (AvgIpc) is 4.15. The molecule has 4 unspecified atom stereocenters. The molecule has 0 saturated carbocycles. The van der Waals surface area contributed by atoms with E-state index in [1.165, 1.54) is 77.5 Å². The molecule has 2 aliphatic carbocycles. The fourth-order valence-corrected chi connectivity index (χ4v) is 13.6. The van der Waals surface area contributed by atoms with Crippen LogP contribution in [0.25, 0.3) is 65.3 Å². The molecule has 0 radical (unpaired) electrons. The van der Waals surface area contributed by atoms with Gasteiger partial charge in [-0.15, -0.1) is 0 Å². The first-order chi connectivity index (χ1) is 40.5. The highest BCUT2D eigenvalue weighted by Gasteiger charge is 2.48. The second kappa shape index (κ2) is 18.7. The summed E-state index contributed by atoms with van der Waals surface area (Å²) in [5.41, 5.74) is 13.9. The predicted molar refractivity (Wildman–Crippen MR) is 323 cm³/mol. The Kier molecular flexibility index (Phi) is 10.8. The van der Waals surface area contributed by atoms with Crippen molar-refractivity contribution in [2.45, 2.75) is 35.4 Å². The lowest BCUT2D eigenvalue weighted by atomic mass is 9.67. The maximum atomic E-state index is 6.48. The Balaban J connectivity index is 0.623. The number of fused-ring (bicyclic) bond motifs is 10. The van der Waals surface area contributed by atoms with Gasteiger partial charge in [0.05, 0.1) is 24.0 Å². The highest BCUT2D eigenvalue weighted by Crippen LogP contribution is 2.58. The molecule has 12 aromatic rings. The molecule has 0 aromatic heterocycles. The van der Waals surface area contributed by atoms with Crippen LogP contribution in [0.15, 0.2) is 243 Å². The third kappa shape index (κ3) is 7.83. The zero-order valence-corrected chi connectivity index (χ0v) is 44.8. The van der Waals surface area contributed by atoms with Gasteiger partial charge in [0.2, 0.25) is 6.29 Å². The van der Waals surface area contributed by atoms with E-state index in [1.54, 1.807) is 0 Å². The standard InChI is InChI=1S/C75H54O7/c1-5-13-68-64(9-1)65-10-2-6-14-69(65)74(68,54-25-17-50-37-58(29-21-46(50)33-54)76-41-62-43-78-62)56-27-19-52-39-60(31-23-48(52)35-56)80-45-72-73(82-72)81-61-32-24-49-36-57(28-20-53(49)40-61)75(70-15-7-3-11-66(70)67-12-4-8-16-71(67)75)55-26-18-51-38-59(30-22-47(51)34-55)77-42-63-44-79-63/h1-40,62-63,72-73H,41-45H2. The molecule has 4 atom stereocenters. The van der Waals surface area contributed by atoms with Gasteiger partial charge in [-0.25, -0.2) is 0 Å². The molecule has 82 heavy (non-hydrogen) atoms. The Labute approximate surface area is 474 Å². The summed E-state index contributed by atoms with van der Waals surface area (Å²) in [7, 11) is 0. The molecule has 3 saturated heterocycles. The molecular formula is C75H54O7. The van der Waals surface area contributed by atoms with E-state index in [2.05, 4.69) is 243 Å². The van der Waals surface area contributed by atoms with E-state index in [1.807, 2.05) is 0 Å². The van der Waals surface area contributed by atoms with E-state index in [-0.39, 0.29) is 18.3 Å². The normalized spacial score (nSPS) is 19.1. The summed E-state index contributed by atoms with van der Waals surface area (Å²) in [4.78, 5) is 0. The van der Waals surface area contributed by atoms with E-state index in [4.69, 9.17) is 33.2 Å². The molecule has 3 heterocycles. The summed E-state index contributed by atoms with van der Waals surface area (Å²) in [6.07, 6.45) is -0.190. The van der Waals surface area contributed by atoms with Gasteiger partial charge in [0, 0.05) is 0 Å². The average molecular weight is 1070 g/mol. The third-order valence-corrected chi connectivity index (χ3v) is 17.8. The van der Waals surface area contributed by atoms with Gasteiger partial charge in [-0.2, -0.15) is 0 Å². The second-order valence-electron chi connectivity index (χ2n) is 22.6. The molecule has 3 aliphatic heterocycles. The number of rotatable bonds is 15. The smallest absolute Gasteiger partial charge is 0.230 e. The van der Waals surface area contributed by atoms with Gasteiger partial charge >= 0.3 is 0 Å². The van der Waals surface area contributed by atoms with Crippen LogP contribution >= 0.6 is 0 Å². The largest absolute Gasteiger partial charge is 0.491 e. The quantitative estimate of drug-likeness (QED) is 0.0947. The summed E-state index contributed by atoms with van der Waals surface area (Å²) in [5.74, 6) is 3.27. The van der Waals surface area contributed by atoms with Gasteiger partial charge in [-0.1, -0.05) is 170 Å². The minimum atomic E-state index is -0.545. The topological polar surface area (TPSA) is 74.5 Å². The molecule has 0 N–H and O–H groups in total. The van der Waals surface area contributed by atoms with Crippen LogP contribution in [-0.4, -0.2) is 57.6 Å². The fourth-order valence-electron chi connectivity index (χ4n) is 13.6. The minimum absolute atomic E-state index is 0.197. The van der Waals surface area contributed by atoms with E-state index in [9.17, 15) is 0 Å². The monoisotopic (exact) mass is 1070 g/mol. The van der Waals surface area contributed by atoms with Gasteiger partial charge in [0.1, 0.15) is 55.0 Å². The van der Waals surface area contributed by atoms with E-state index >= 15 is 0 Å². The maximum Gasteiger partial charge on any atom is 0.230 e. The Hall–Kier alpha value is -9.24. The Bertz CT molecular complexity index is 4460. The summed E-state index contributed by atoms with van der Waals surface area (Å²) in [5, 5.41) is 9.09. The number of hydrogen-bond donors (Lipinski definition) is 0. The van der Waals surface area contributed by atoms with Crippen LogP contribution in [0.5, 0.6) is 23.0 Å². The highest BCUT2D eigenvalue weighted by atomic mass is 16.8. The maximum absolute atomic E-state index is 6.48. The zero-order chi connectivity index (χ0) is 53.9. The number of benzene rings is 12. The van der Waals surface area contributed by atoms with Crippen molar-refractivity contribution in [1.82, 2.24) is 0 Å². The Morgan fingerprint density at radius 3 is 0.963 bits per heavy atom. The summed E-state index contributed by atoms with van der Waals surface area (Å²) < 4.78 is 41.9. The van der Waals surface area contributed by atoms with Gasteiger partial charge in [0.15, 0.2) is 6.10 Å². The number of hydrogen-bond acceptors (Lipinski definition) is 7. The molecule has 7 heteroatoms. The van der Waals surface area contributed by atoms with Crippen molar-refractivity contribution in [2.24, 2.45) is 0 Å². The molecule has 0 amide bonds. The second-order valence-corrected chi connectivity index (χ2v) is 22.6. The summed E-state index contributed by atoms with van der Waals surface area (Å²) >= 11 is 0. The van der Waals surface area contributed by atoms with E-state index in [0.29, 0.717) is 19.8 Å². The SMILES string of the molecule is c1ccc2c(c1)-c1ccccc1C2(c1ccc2cc(OCC3CO3)ccc2c1)c1ccc2cc(OCC3OC3Oc3ccc4cc(C5(c6ccc7cc(OCC8CO8)ccc7c6)c6ccccc6-c6ccccc65)ccc4c3)ccc2c1. The van der Waals surface area contributed by atoms with Crippen molar-refractivity contribution >= 4 is 43.1 Å². The molecule has 0 spiro atoms. The third-order valence-electron chi connectivity index (χ3n) is 17.8. The van der Waals surface area contributed by atoms with Crippen LogP contribution in [0.1, 0.15) is 44.5 Å². The van der Waals surface area contributed by atoms with Crippen LogP contribution in [0.3, 0.4) is 0 Å². The molecule has 12 aromatic carbocycles. The summed E-state index contributed by atoms with van der Waals surface area (Å²) in [6, 6.07) is 88.7. The van der Waals surface area contributed by atoms with Crippen LogP contribution < -0.4 is 18.9 Å². The van der Waals surface area contributed by atoms with Crippen LogP contribution in [0.2, 0.25) is 0 Å². The highest BCUT2D eigenvalue weighted by molar-refractivity contribution is 5.94. The molecule has 17 rings (SSSR count). The lowest BCUT2D eigenvalue weighted by Crippen LogP contribution is -2.28. The first kappa shape index (κ1) is 47.6. The fraction of sp³-hybridized carbons (Fsp3) is 0.147.